The number of esters is 1. The van der Waals surface area contributed by atoms with E-state index in [1.807, 2.05) is 26.0 Å². The van der Waals surface area contributed by atoms with E-state index < -0.39 is 12.0 Å². The van der Waals surface area contributed by atoms with E-state index >= 15 is 0 Å². The van der Waals surface area contributed by atoms with E-state index in [-0.39, 0.29) is 36.3 Å². The Morgan fingerprint density at radius 3 is 2.37 bits per heavy atom. The summed E-state index contributed by atoms with van der Waals surface area (Å²) in [6, 6.07) is 15.9. The maximum atomic E-state index is 14.1. The summed E-state index contributed by atoms with van der Waals surface area (Å²) in [6.45, 7) is 7.70. The van der Waals surface area contributed by atoms with E-state index in [2.05, 4.69) is 4.99 Å². The van der Waals surface area contributed by atoms with Gasteiger partial charge in [0.1, 0.15) is 12.4 Å². The molecule has 0 unspecified atom stereocenters. The first-order chi connectivity index (χ1) is 22.1. The molecular weight excluding hydrogens is 611 g/mol. The third-order valence-electron chi connectivity index (χ3n) is 7.18. The molecule has 0 amide bonds. The van der Waals surface area contributed by atoms with Crippen molar-refractivity contribution in [2.24, 2.45) is 4.99 Å². The highest BCUT2D eigenvalue weighted by atomic mass is 32.1. The molecule has 2 heterocycles. The molecule has 5 rings (SSSR count). The zero-order valence-corrected chi connectivity index (χ0v) is 27.3. The number of methoxy groups -OCH3 is 2. The molecule has 0 saturated carbocycles. The zero-order valence-electron chi connectivity index (χ0n) is 26.5. The summed E-state index contributed by atoms with van der Waals surface area (Å²) < 4.78 is 43.6. The van der Waals surface area contributed by atoms with Crippen molar-refractivity contribution < 1.29 is 32.9 Å². The first-order valence-electron chi connectivity index (χ1n) is 14.7. The van der Waals surface area contributed by atoms with E-state index in [0.717, 1.165) is 5.56 Å². The van der Waals surface area contributed by atoms with Crippen molar-refractivity contribution in [3.05, 3.63) is 114 Å². The van der Waals surface area contributed by atoms with Crippen LogP contribution in [0.4, 0.5) is 4.39 Å². The Morgan fingerprint density at radius 2 is 1.70 bits per heavy atom. The summed E-state index contributed by atoms with van der Waals surface area (Å²) in [7, 11) is 3.07. The second kappa shape index (κ2) is 14.0. The smallest absolute Gasteiger partial charge is 0.338 e. The third kappa shape index (κ3) is 6.84. The molecule has 3 aromatic carbocycles. The fraction of sp³-hybridized carbons (Fsp3) is 0.286. The molecule has 11 heteroatoms. The third-order valence-corrected chi connectivity index (χ3v) is 8.16. The quantitative estimate of drug-likeness (QED) is 0.204. The molecule has 46 heavy (non-hydrogen) atoms. The van der Waals surface area contributed by atoms with Crippen molar-refractivity contribution in [1.82, 2.24) is 4.57 Å². The summed E-state index contributed by atoms with van der Waals surface area (Å²) in [6.07, 6.45) is 1.67. The number of carbonyl (C=O) groups excluding carboxylic acids is 1. The minimum Gasteiger partial charge on any atom is -0.493 e. The molecule has 0 spiro atoms. The van der Waals surface area contributed by atoms with Crippen LogP contribution in [0.1, 0.15) is 50.4 Å². The van der Waals surface area contributed by atoms with Crippen LogP contribution in [0.5, 0.6) is 23.0 Å². The molecule has 9 nitrogen and oxygen atoms in total. The Hall–Kier alpha value is -4.90. The van der Waals surface area contributed by atoms with Gasteiger partial charge < -0.3 is 23.7 Å². The highest BCUT2D eigenvalue weighted by Gasteiger charge is 2.34. The van der Waals surface area contributed by atoms with Gasteiger partial charge in [-0.05, 0) is 86.9 Å². The van der Waals surface area contributed by atoms with Gasteiger partial charge in [-0.2, -0.15) is 0 Å². The van der Waals surface area contributed by atoms with Gasteiger partial charge in [-0.25, -0.2) is 14.2 Å². The van der Waals surface area contributed by atoms with Crippen molar-refractivity contribution in [2.45, 2.75) is 46.4 Å². The number of thiazole rings is 1. The lowest BCUT2D eigenvalue weighted by atomic mass is 9.95. The predicted octanol–water partition coefficient (Wildman–Crippen LogP) is 5.32. The Bertz CT molecular complexity index is 1960. The number of aromatic nitrogens is 1. The number of benzene rings is 3. The number of nitrogens with zero attached hydrogens (tertiary/aromatic N) is 2. The molecule has 240 valence electrons. The van der Waals surface area contributed by atoms with Crippen LogP contribution >= 0.6 is 11.3 Å². The van der Waals surface area contributed by atoms with E-state index in [9.17, 15) is 14.0 Å². The van der Waals surface area contributed by atoms with Crippen molar-refractivity contribution >= 4 is 23.4 Å². The monoisotopic (exact) mass is 646 g/mol. The molecule has 4 aromatic rings. The first-order valence-corrected chi connectivity index (χ1v) is 15.5. The SMILES string of the molecule is CCOC(=O)C1=C(C)N=c2s/c(=C\c3ccc(OCc4ccc(F)cc4)c(OC)c3)c(=O)n2[C@H]1c1ccc(OC(C)C)c(OC)c1. The van der Waals surface area contributed by atoms with Crippen LogP contribution in [0.2, 0.25) is 0 Å². The maximum absolute atomic E-state index is 14.1. The van der Waals surface area contributed by atoms with Crippen LogP contribution < -0.4 is 33.8 Å². The van der Waals surface area contributed by atoms with E-state index in [0.29, 0.717) is 49.2 Å². The van der Waals surface area contributed by atoms with Crippen LogP contribution in [-0.4, -0.2) is 37.5 Å². The molecule has 0 fully saturated rings. The van der Waals surface area contributed by atoms with E-state index in [1.165, 1.54) is 35.1 Å². The Balaban J connectivity index is 1.56. The highest BCUT2D eigenvalue weighted by Crippen LogP contribution is 2.36. The normalized spacial score (nSPS) is 14.5. The van der Waals surface area contributed by atoms with Gasteiger partial charge in [0, 0.05) is 0 Å². The van der Waals surface area contributed by atoms with E-state index in [1.54, 1.807) is 63.4 Å². The molecule has 1 aromatic heterocycles. The average Bonchev–Trinajstić information content (AvgIpc) is 3.34. The Labute approximate surface area is 269 Å². The molecule has 0 aliphatic carbocycles. The zero-order chi connectivity index (χ0) is 33.0. The lowest BCUT2D eigenvalue weighted by molar-refractivity contribution is -0.139. The second-order valence-corrected chi connectivity index (χ2v) is 11.7. The number of halogens is 1. The van der Waals surface area contributed by atoms with Gasteiger partial charge in [0.25, 0.3) is 5.56 Å². The van der Waals surface area contributed by atoms with Gasteiger partial charge in [-0.1, -0.05) is 35.6 Å². The molecule has 0 saturated heterocycles. The highest BCUT2D eigenvalue weighted by molar-refractivity contribution is 7.07. The molecular formula is C35H35FN2O7S. The summed E-state index contributed by atoms with van der Waals surface area (Å²) in [5.41, 5.74) is 2.56. The number of allylic oxidation sites excluding steroid dienone is 1. The minimum absolute atomic E-state index is 0.0799. The Kier molecular flexibility index (Phi) is 9.91. The van der Waals surface area contributed by atoms with Gasteiger partial charge in [-0.3, -0.25) is 9.36 Å². The fourth-order valence-electron chi connectivity index (χ4n) is 5.10. The molecule has 1 aliphatic rings. The van der Waals surface area contributed by atoms with Gasteiger partial charge >= 0.3 is 5.97 Å². The average molecular weight is 647 g/mol. The van der Waals surface area contributed by atoms with Crippen LogP contribution in [-0.2, 0) is 16.1 Å². The van der Waals surface area contributed by atoms with Crippen molar-refractivity contribution in [3.63, 3.8) is 0 Å². The number of hydrogen-bond acceptors (Lipinski definition) is 9. The number of hydrogen-bond donors (Lipinski definition) is 0. The van der Waals surface area contributed by atoms with Crippen LogP contribution in [0.15, 0.2) is 81.7 Å². The van der Waals surface area contributed by atoms with Crippen LogP contribution in [0.3, 0.4) is 0 Å². The molecule has 1 aliphatic heterocycles. The standard InChI is InChI=1S/C35H35FN2O7S/c1-7-43-34(40)31-21(4)37-35-38(32(31)24-11-15-27(45-20(2)3)29(18-24)42-6)33(39)30(46-35)17-23-10-14-26(28(16-23)41-5)44-19-22-8-12-25(36)13-9-22/h8-18,20,32H,7,19H2,1-6H3/b30-17-/t32-/m0/s1. The van der Waals surface area contributed by atoms with Crippen molar-refractivity contribution in [1.29, 1.82) is 0 Å². The van der Waals surface area contributed by atoms with Crippen LogP contribution in [0, 0.1) is 5.82 Å². The maximum Gasteiger partial charge on any atom is 0.338 e. The molecule has 0 N–H and O–H groups in total. The van der Waals surface area contributed by atoms with Crippen molar-refractivity contribution in [2.75, 3.05) is 20.8 Å². The number of carbonyl (C=O) groups is 1. The number of rotatable bonds is 11. The lowest BCUT2D eigenvalue weighted by Crippen LogP contribution is -2.40. The summed E-state index contributed by atoms with van der Waals surface area (Å²) >= 11 is 1.22. The lowest BCUT2D eigenvalue weighted by Gasteiger charge is -2.25. The minimum atomic E-state index is -0.809. The van der Waals surface area contributed by atoms with Gasteiger partial charge in [-0.15, -0.1) is 0 Å². The molecule has 0 radical (unpaired) electrons. The van der Waals surface area contributed by atoms with Gasteiger partial charge in [0.2, 0.25) is 0 Å². The van der Waals surface area contributed by atoms with Crippen LogP contribution in [0.25, 0.3) is 6.08 Å². The molecule has 1 atom stereocenters. The van der Waals surface area contributed by atoms with Crippen molar-refractivity contribution in [3.8, 4) is 23.0 Å². The van der Waals surface area contributed by atoms with Gasteiger partial charge in [0.15, 0.2) is 27.8 Å². The van der Waals surface area contributed by atoms with Gasteiger partial charge in [0.05, 0.1) is 48.8 Å². The number of ether oxygens (including phenoxy) is 5. The molecule has 0 bridgehead atoms. The Morgan fingerprint density at radius 1 is 1.00 bits per heavy atom. The first kappa shape index (κ1) is 32.5. The topological polar surface area (TPSA) is 97.6 Å². The number of fused-ring (bicyclic) bond motifs is 1. The summed E-state index contributed by atoms with van der Waals surface area (Å²) in [4.78, 5) is 32.5. The summed E-state index contributed by atoms with van der Waals surface area (Å²) in [5, 5.41) is 0. The van der Waals surface area contributed by atoms with E-state index in [4.69, 9.17) is 23.7 Å². The largest absolute Gasteiger partial charge is 0.493 e. The fourth-order valence-corrected chi connectivity index (χ4v) is 6.15. The summed E-state index contributed by atoms with van der Waals surface area (Å²) in [5.74, 6) is 1.12. The predicted molar refractivity (Wildman–Crippen MR) is 173 cm³/mol. The second-order valence-electron chi connectivity index (χ2n) is 10.7.